The molecule has 1 heterocycles. The van der Waals surface area contributed by atoms with E-state index in [1.54, 1.807) is 0 Å². The van der Waals surface area contributed by atoms with Crippen molar-refractivity contribution in [1.82, 2.24) is 25.0 Å². The summed E-state index contributed by atoms with van der Waals surface area (Å²) in [5.74, 6) is 0. The number of benzene rings is 1. The van der Waals surface area contributed by atoms with Crippen LogP contribution in [-0.2, 0) is 0 Å². The van der Waals surface area contributed by atoms with Crippen molar-refractivity contribution in [2.75, 3.05) is 28.2 Å². The summed E-state index contributed by atoms with van der Waals surface area (Å²) in [4.78, 5) is 11.2. The monoisotopic (exact) mass is 380 g/mol. The standard InChI is InChI=1S/C11H17N5O.F6P/c1-14(2)11(15(3)4)17-16-10-8-6-5-7-9(10)12-13-16;1-7(2,3,4,5)6/h5-8,11H,1-4H3;/q;-1. The van der Waals surface area contributed by atoms with E-state index in [2.05, 4.69) is 10.3 Å². The molecule has 2 aromatic rings. The molecule has 0 aliphatic rings. The van der Waals surface area contributed by atoms with Crippen LogP contribution in [0.4, 0.5) is 25.2 Å². The van der Waals surface area contributed by atoms with E-state index in [0.717, 1.165) is 11.0 Å². The molecule has 1 aromatic heterocycles. The molecular formula is C11H17F6N5OP-. The van der Waals surface area contributed by atoms with Gasteiger partial charge in [-0.2, -0.15) is 0 Å². The minimum atomic E-state index is -10.7. The molecule has 2 rings (SSSR count). The number of hydrogen-bond donors (Lipinski definition) is 0. The second-order valence-electron chi connectivity index (χ2n) is 5.27. The molecule has 0 radical (unpaired) electrons. The van der Waals surface area contributed by atoms with Crippen LogP contribution in [0.15, 0.2) is 24.3 Å². The van der Waals surface area contributed by atoms with Crippen LogP contribution in [0.3, 0.4) is 0 Å². The van der Waals surface area contributed by atoms with Crippen molar-refractivity contribution < 1.29 is 30.0 Å². The van der Waals surface area contributed by atoms with Crippen LogP contribution in [-0.4, -0.2) is 59.5 Å². The van der Waals surface area contributed by atoms with E-state index < -0.39 is 7.81 Å². The summed E-state index contributed by atoms with van der Waals surface area (Å²) in [6, 6.07) is 7.70. The van der Waals surface area contributed by atoms with E-state index in [1.165, 1.54) is 4.85 Å². The number of para-hydroxylation sites is 1. The third-order valence-electron chi connectivity index (χ3n) is 2.40. The van der Waals surface area contributed by atoms with E-state index in [9.17, 15) is 25.2 Å². The minimum absolute atomic E-state index is 0.194. The predicted octanol–water partition coefficient (Wildman–Crippen LogP) is 3.65. The topological polar surface area (TPSA) is 46.4 Å². The number of hydrogen-bond acceptors (Lipinski definition) is 5. The fourth-order valence-corrected chi connectivity index (χ4v) is 1.67. The van der Waals surface area contributed by atoms with Crippen LogP contribution in [0.25, 0.3) is 11.0 Å². The van der Waals surface area contributed by atoms with Gasteiger partial charge in [-0.1, -0.05) is 17.0 Å². The van der Waals surface area contributed by atoms with Gasteiger partial charge in [-0.25, -0.2) is 0 Å². The summed E-state index contributed by atoms with van der Waals surface area (Å²) in [5, 5.41) is 8.03. The molecule has 0 spiro atoms. The Morgan fingerprint density at radius 1 is 0.958 bits per heavy atom. The summed E-state index contributed by atoms with van der Waals surface area (Å²) in [6.07, 6.45) is -0.194. The van der Waals surface area contributed by atoms with Gasteiger partial charge < -0.3 is 4.84 Å². The molecule has 0 saturated heterocycles. The zero-order valence-electron chi connectivity index (χ0n) is 13.2. The Hall–Kier alpha value is -1.65. The summed E-state index contributed by atoms with van der Waals surface area (Å²) in [5.41, 5.74) is 1.69. The fraction of sp³-hybridized carbons (Fsp3) is 0.455. The molecule has 0 unspecified atom stereocenters. The molecule has 0 saturated carbocycles. The third kappa shape index (κ3) is 8.27. The quantitative estimate of drug-likeness (QED) is 0.460. The van der Waals surface area contributed by atoms with E-state index >= 15 is 0 Å². The second kappa shape index (κ2) is 6.01. The van der Waals surface area contributed by atoms with Gasteiger partial charge in [0.15, 0.2) is 0 Å². The molecule has 140 valence electrons. The number of fused-ring (bicyclic) bond motifs is 1. The molecule has 1 aromatic carbocycles. The van der Waals surface area contributed by atoms with Crippen molar-refractivity contribution >= 4 is 18.8 Å². The SMILES string of the molecule is CN(C)C(On1nnc2ccccc21)N(C)C.F[P-](F)(F)(F)(F)F. The van der Waals surface area contributed by atoms with Crippen molar-refractivity contribution in [1.29, 1.82) is 0 Å². The Kier molecular flexibility index (Phi) is 5.11. The van der Waals surface area contributed by atoms with Gasteiger partial charge >= 0.3 is 33.0 Å². The zero-order chi connectivity index (χ0) is 18.8. The molecule has 6 nitrogen and oxygen atoms in total. The normalized spacial score (nSPS) is 15.2. The van der Waals surface area contributed by atoms with Crippen molar-refractivity contribution in [3.63, 3.8) is 0 Å². The van der Waals surface area contributed by atoms with E-state index in [1.807, 2.05) is 62.3 Å². The first-order chi connectivity index (χ1) is 10.5. The Balaban J connectivity index is 0.000000351. The average Bonchev–Trinajstić information content (AvgIpc) is 2.74. The van der Waals surface area contributed by atoms with Crippen molar-refractivity contribution in [2.24, 2.45) is 0 Å². The second-order valence-corrected chi connectivity index (χ2v) is 7.18. The van der Waals surface area contributed by atoms with Gasteiger partial charge in [0.1, 0.15) is 11.0 Å². The van der Waals surface area contributed by atoms with E-state index in [-0.39, 0.29) is 6.35 Å². The molecule has 0 bridgehead atoms. The summed E-state index contributed by atoms with van der Waals surface area (Å²) in [6.45, 7) is 0. The first-order valence-corrected chi connectivity index (χ1v) is 8.44. The van der Waals surface area contributed by atoms with Crippen LogP contribution in [0.5, 0.6) is 0 Å². The van der Waals surface area contributed by atoms with Crippen molar-refractivity contribution in [3.8, 4) is 0 Å². The van der Waals surface area contributed by atoms with Gasteiger partial charge in [-0.05, 0) is 45.5 Å². The summed E-state index contributed by atoms with van der Waals surface area (Å²) < 4.78 is 59.2. The molecule has 0 amide bonds. The number of rotatable bonds is 4. The average molecular weight is 380 g/mol. The van der Waals surface area contributed by atoms with Gasteiger partial charge in [0.2, 0.25) is 6.35 Å². The fourth-order valence-electron chi connectivity index (χ4n) is 1.67. The molecule has 0 N–H and O–H groups in total. The van der Waals surface area contributed by atoms with E-state index in [0.29, 0.717) is 0 Å². The Labute approximate surface area is 133 Å². The number of aromatic nitrogens is 3. The van der Waals surface area contributed by atoms with E-state index in [4.69, 9.17) is 4.84 Å². The predicted molar refractivity (Wildman–Crippen MR) is 78.8 cm³/mol. The molecular weight excluding hydrogens is 363 g/mol. The van der Waals surface area contributed by atoms with Gasteiger partial charge in [-0.3, -0.25) is 9.80 Å². The van der Waals surface area contributed by atoms with Gasteiger partial charge in [0.05, 0.1) is 0 Å². The maximum absolute atomic E-state index is 10.7. The first-order valence-electron chi connectivity index (χ1n) is 6.41. The first kappa shape index (κ1) is 20.4. The number of halogens is 6. The Bertz CT molecular complexity index is 667. The summed E-state index contributed by atoms with van der Waals surface area (Å²) in [7, 11) is -2.86. The molecule has 0 atom stereocenters. The molecule has 0 aliphatic carbocycles. The third-order valence-corrected chi connectivity index (χ3v) is 2.40. The molecule has 0 fully saturated rings. The zero-order valence-corrected chi connectivity index (χ0v) is 14.1. The maximum atomic E-state index is 9.87. The Morgan fingerprint density at radius 3 is 1.88 bits per heavy atom. The number of nitrogens with zero attached hydrogens (tertiary/aromatic N) is 5. The van der Waals surface area contributed by atoms with Crippen molar-refractivity contribution in [3.05, 3.63) is 24.3 Å². The molecule has 24 heavy (non-hydrogen) atoms. The van der Waals surface area contributed by atoms with Gasteiger partial charge in [0, 0.05) is 0 Å². The molecule has 0 aliphatic heterocycles. The Morgan fingerprint density at radius 2 is 1.42 bits per heavy atom. The van der Waals surface area contributed by atoms with Crippen LogP contribution in [0.1, 0.15) is 0 Å². The van der Waals surface area contributed by atoms with Crippen LogP contribution in [0, 0.1) is 0 Å². The van der Waals surface area contributed by atoms with Crippen molar-refractivity contribution in [2.45, 2.75) is 6.35 Å². The van der Waals surface area contributed by atoms with Crippen LogP contribution >= 0.6 is 7.81 Å². The molecule has 13 heteroatoms. The van der Waals surface area contributed by atoms with Gasteiger partial charge in [0.25, 0.3) is 0 Å². The summed E-state index contributed by atoms with van der Waals surface area (Å²) >= 11 is 0. The van der Waals surface area contributed by atoms with Crippen LogP contribution in [0.2, 0.25) is 0 Å². The van der Waals surface area contributed by atoms with Crippen LogP contribution < -0.4 is 4.84 Å². The van der Waals surface area contributed by atoms with Gasteiger partial charge in [-0.15, -0.1) is 5.10 Å².